The highest BCUT2D eigenvalue weighted by molar-refractivity contribution is 5.92. The molecule has 5 heteroatoms. The van der Waals surface area contributed by atoms with Crippen molar-refractivity contribution in [1.29, 1.82) is 0 Å². The molecule has 0 radical (unpaired) electrons. The highest BCUT2D eigenvalue weighted by Gasteiger charge is 2.14. The van der Waals surface area contributed by atoms with Crippen LogP contribution >= 0.6 is 0 Å². The number of ether oxygens (including phenoxy) is 1. The van der Waals surface area contributed by atoms with Crippen molar-refractivity contribution in [2.45, 2.75) is 33.3 Å². The zero-order chi connectivity index (χ0) is 19.2. The first-order valence-electron chi connectivity index (χ1n) is 9.01. The highest BCUT2D eigenvalue weighted by Crippen LogP contribution is 2.18. The Kier molecular flexibility index (Phi) is 5.91. The van der Waals surface area contributed by atoms with Gasteiger partial charge in [0.05, 0.1) is 0 Å². The van der Waals surface area contributed by atoms with Crippen LogP contribution in [0.25, 0.3) is 0 Å². The summed E-state index contributed by atoms with van der Waals surface area (Å²) in [6, 6.07) is 17.6. The Morgan fingerprint density at radius 3 is 2.63 bits per heavy atom. The molecular formula is C22H24N2O3. The van der Waals surface area contributed by atoms with Crippen molar-refractivity contribution < 1.29 is 14.1 Å². The summed E-state index contributed by atoms with van der Waals surface area (Å²) in [5.74, 6) is 1.24. The van der Waals surface area contributed by atoms with Gasteiger partial charge in [0.25, 0.3) is 5.91 Å². The van der Waals surface area contributed by atoms with Crippen LogP contribution in [0.3, 0.4) is 0 Å². The molecule has 0 aliphatic rings. The van der Waals surface area contributed by atoms with Gasteiger partial charge in [-0.3, -0.25) is 4.79 Å². The number of rotatable bonds is 7. The van der Waals surface area contributed by atoms with Crippen LogP contribution in [-0.4, -0.2) is 17.6 Å². The SMILES string of the molecule is Cc1ccc(OCc2cc(C(=O)NC[C@H](C)c3ccccc3)no2)cc1C. The van der Waals surface area contributed by atoms with E-state index in [1.54, 1.807) is 6.07 Å². The largest absolute Gasteiger partial charge is 0.486 e. The van der Waals surface area contributed by atoms with Crippen molar-refractivity contribution in [2.75, 3.05) is 6.54 Å². The number of amides is 1. The molecule has 0 bridgehead atoms. The number of hydrogen-bond donors (Lipinski definition) is 1. The van der Waals surface area contributed by atoms with E-state index in [1.165, 1.54) is 11.1 Å². The van der Waals surface area contributed by atoms with Crippen molar-refractivity contribution in [2.24, 2.45) is 0 Å². The minimum atomic E-state index is -0.251. The average Bonchev–Trinajstić information content (AvgIpc) is 3.16. The third-order valence-electron chi connectivity index (χ3n) is 4.59. The van der Waals surface area contributed by atoms with E-state index >= 15 is 0 Å². The molecule has 0 aliphatic carbocycles. The topological polar surface area (TPSA) is 64.4 Å². The van der Waals surface area contributed by atoms with Gasteiger partial charge in [-0.15, -0.1) is 0 Å². The lowest BCUT2D eigenvalue weighted by Crippen LogP contribution is -2.27. The molecule has 3 aromatic rings. The molecule has 2 aromatic carbocycles. The third kappa shape index (κ3) is 4.97. The predicted molar refractivity (Wildman–Crippen MR) is 104 cm³/mol. The van der Waals surface area contributed by atoms with Crippen LogP contribution in [0.5, 0.6) is 5.75 Å². The number of aromatic nitrogens is 1. The molecule has 1 amide bonds. The minimum Gasteiger partial charge on any atom is -0.486 e. The lowest BCUT2D eigenvalue weighted by molar-refractivity contribution is 0.0942. The fraction of sp³-hybridized carbons (Fsp3) is 0.273. The number of hydrogen-bond acceptors (Lipinski definition) is 4. The number of nitrogens with zero attached hydrogens (tertiary/aromatic N) is 1. The van der Waals surface area contributed by atoms with E-state index in [1.807, 2.05) is 43.3 Å². The van der Waals surface area contributed by atoms with Gasteiger partial charge in [0.1, 0.15) is 12.4 Å². The van der Waals surface area contributed by atoms with Gasteiger partial charge in [0.2, 0.25) is 0 Å². The maximum atomic E-state index is 12.3. The molecule has 0 spiro atoms. The molecule has 1 aromatic heterocycles. The summed E-state index contributed by atoms with van der Waals surface area (Å²) in [4.78, 5) is 12.3. The summed E-state index contributed by atoms with van der Waals surface area (Å²) < 4.78 is 10.9. The molecule has 5 nitrogen and oxygen atoms in total. The molecule has 1 N–H and O–H groups in total. The fourth-order valence-corrected chi connectivity index (χ4v) is 2.68. The van der Waals surface area contributed by atoms with Crippen LogP contribution in [0.2, 0.25) is 0 Å². The van der Waals surface area contributed by atoms with Crippen LogP contribution in [0.1, 0.15) is 45.8 Å². The van der Waals surface area contributed by atoms with E-state index in [0.29, 0.717) is 12.3 Å². The quantitative estimate of drug-likeness (QED) is 0.675. The molecule has 0 saturated heterocycles. The zero-order valence-corrected chi connectivity index (χ0v) is 15.9. The van der Waals surface area contributed by atoms with E-state index in [2.05, 4.69) is 36.5 Å². The van der Waals surface area contributed by atoms with Gasteiger partial charge < -0.3 is 14.6 Å². The third-order valence-corrected chi connectivity index (χ3v) is 4.59. The second-order valence-corrected chi connectivity index (χ2v) is 6.73. The summed E-state index contributed by atoms with van der Waals surface area (Å²) in [6.07, 6.45) is 0. The Hall–Kier alpha value is -3.08. The van der Waals surface area contributed by atoms with Gasteiger partial charge in [-0.1, -0.05) is 48.5 Å². The summed E-state index contributed by atoms with van der Waals surface area (Å²) in [5, 5.41) is 6.74. The average molecular weight is 364 g/mol. The second kappa shape index (κ2) is 8.54. The Morgan fingerprint density at radius 2 is 1.89 bits per heavy atom. The molecule has 140 valence electrons. The monoisotopic (exact) mass is 364 g/mol. The molecule has 0 unspecified atom stereocenters. The molecule has 1 atom stereocenters. The predicted octanol–water partition coefficient (Wildman–Crippen LogP) is 4.40. The number of benzene rings is 2. The van der Waals surface area contributed by atoms with E-state index in [-0.39, 0.29) is 24.1 Å². The maximum absolute atomic E-state index is 12.3. The van der Waals surface area contributed by atoms with Gasteiger partial charge in [-0.25, -0.2) is 0 Å². The van der Waals surface area contributed by atoms with Crippen LogP contribution in [0, 0.1) is 13.8 Å². The minimum absolute atomic E-state index is 0.217. The molecule has 1 heterocycles. The number of carbonyl (C=O) groups excluding carboxylic acids is 1. The Balaban J connectivity index is 1.52. The lowest BCUT2D eigenvalue weighted by Gasteiger charge is -2.12. The first-order valence-corrected chi connectivity index (χ1v) is 9.01. The first kappa shape index (κ1) is 18.7. The smallest absolute Gasteiger partial charge is 0.273 e. The van der Waals surface area contributed by atoms with Gasteiger partial charge in [-0.2, -0.15) is 0 Å². The first-order chi connectivity index (χ1) is 13.0. The normalized spacial score (nSPS) is 11.8. The van der Waals surface area contributed by atoms with Gasteiger partial charge in [0, 0.05) is 12.6 Å². The number of aryl methyl sites for hydroxylation is 2. The van der Waals surface area contributed by atoms with Crippen LogP contribution in [-0.2, 0) is 6.61 Å². The lowest BCUT2D eigenvalue weighted by atomic mass is 10.0. The molecule has 0 aliphatic heterocycles. The van der Waals surface area contributed by atoms with Gasteiger partial charge in [-0.05, 0) is 48.6 Å². The molecule has 0 saturated carbocycles. The summed E-state index contributed by atoms with van der Waals surface area (Å²) in [6.45, 7) is 6.92. The highest BCUT2D eigenvalue weighted by atomic mass is 16.5. The summed E-state index contributed by atoms with van der Waals surface area (Å²) in [5.41, 5.74) is 3.82. The number of nitrogens with one attached hydrogen (secondary N) is 1. The zero-order valence-electron chi connectivity index (χ0n) is 15.9. The van der Waals surface area contributed by atoms with Gasteiger partial charge in [0.15, 0.2) is 11.5 Å². The Labute approximate surface area is 159 Å². The standard InChI is InChI=1S/C22H24N2O3/c1-15-9-10-19(11-16(15)2)26-14-20-12-21(24-27-20)22(25)23-13-17(3)18-7-5-4-6-8-18/h4-12,17H,13-14H2,1-3H3,(H,23,25)/t17-/m0/s1. The fourth-order valence-electron chi connectivity index (χ4n) is 2.68. The second-order valence-electron chi connectivity index (χ2n) is 6.73. The number of carbonyl (C=O) groups is 1. The molecular weight excluding hydrogens is 340 g/mol. The molecule has 0 fully saturated rings. The van der Waals surface area contributed by atoms with E-state index < -0.39 is 0 Å². The maximum Gasteiger partial charge on any atom is 0.273 e. The van der Waals surface area contributed by atoms with Crippen molar-refractivity contribution in [3.63, 3.8) is 0 Å². The summed E-state index contributed by atoms with van der Waals surface area (Å²) >= 11 is 0. The van der Waals surface area contributed by atoms with Crippen molar-refractivity contribution in [1.82, 2.24) is 10.5 Å². The van der Waals surface area contributed by atoms with Crippen molar-refractivity contribution in [3.8, 4) is 5.75 Å². The van der Waals surface area contributed by atoms with Crippen LogP contribution in [0.15, 0.2) is 59.1 Å². The Morgan fingerprint density at radius 1 is 1.11 bits per heavy atom. The van der Waals surface area contributed by atoms with E-state index in [9.17, 15) is 4.79 Å². The van der Waals surface area contributed by atoms with E-state index in [0.717, 1.165) is 11.3 Å². The molecule has 3 rings (SSSR count). The van der Waals surface area contributed by atoms with Gasteiger partial charge >= 0.3 is 0 Å². The summed E-state index contributed by atoms with van der Waals surface area (Å²) in [7, 11) is 0. The van der Waals surface area contributed by atoms with Crippen LogP contribution in [0.4, 0.5) is 0 Å². The van der Waals surface area contributed by atoms with Crippen molar-refractivity contribution >= 4 is 5.91 Å². The Bertz CT molecular complexity index is 903. The van der Waals surface area contributed by atoms with E-state index in [4.69, 9.17) is 9.26 Å². The van der Waals surface area contributed by atoms with Crippen molar-refractivity contribution in [3.05, 3.63) is 82.7 Å². The molecule has 27 heavy (non-hydrogen) atoms. The van der Waals surface area contributed by atoms with Crippen LogP contribution < -0.4 is 10.1 Å².